The van der Waals surface area contributed by atoms with Gasteiger partial charge in [0.15, 0.2) is 5.11 Å². The Kier molecular flexibility index (Phi) is 7.41. The monoisotopic (exact) mass is 371 g/mol. The molecule has 0 saturated carbocycles. The average Bonchev–Trinajstić information content (AvgIpc) is 2.64. The molecule has 0 atom stereocenters. The second kappa shape index (κ2) is 9.77. The lowest BCUT2D eigenvalue weighted by Crippen LogP contribution is -2.43. The van der Waals surface area contributed by atoms with Gasteiger partial charge in [-0.05, 0) is 73.9 Å². The van der Waals surface area contributed by atoms with Gasteiger partial charge in [-0.15, -0.1) is 0 Å². The van der Waals surface area contributed by atoms with Crippen LogP contribution in [0, 0.1) is 13.8 Å². The molecule has 6 heteroatoms. The van der Waals surface area contributed by atoms with Crippen LogP contribution in [-0.2, 0) is 0 Å². The Bertz CT molecular complexity index is 760. The van der Waals surface area contributed by atoms with E-state index in [1.807, 2.05) is 32.0 Å². The molecule has 0 heterocycles. The number of nitrogens with one attached hydrogen (secondary N) is 3. The lowest BCUT2D eigenvalue weighted by molar-refractivity contribution is 0.0944. The fourth-order valence-corrected chi connectivity index (χ4v) is 2.42. The Balaban J connectivity index is 1.84. The third-order valence-electron chi connectivity index (χ3n) is 4.03. The van der Waals surface area contributed by atoms with Crippen molar-refractivity contribution in [2.75, 3.05) is 11.9 Å². The topological polar surface area (TPSA) is 62.4 Å². The Hall–Kier alpha value is -2.60. The lowest BCUT2D eigenvalue weighted by Gasteiger charge is -2.14. The van der Waals surface area contributed by atoms with Crippen LogP contribution in [0.3, 0.4) is 0 Å². The number of hydrazine groups is 1. The molecule has 0 aliphatic rings. The third-order valence-corrected chi connectivity index (χ3v) is 4.23. The van der Waals surface area contributed by atoms with Gasteiger partial charge in [0.1, 0.15) is 5.75 Å². The number of anilines is 1. The van der Waals surface area contributed by atoms with Gasteiger partial charge in [0.2, 0.25) is 0 Å². The first-order valence-corrected chi connectivity index (χ1v) is 9.08. The molecule has 0 bridgehead atoms. The highest BCUT2D eigenvalue weighted by Crippen LogP contribution is 2.17. The molecule has 0 unspecified atom stereocenters. The van der Waals surface area contributed by atoms with Crippen LogP contribution in [0.2, 0.25) is 0 Å². The number of benzene rings is 2. The van der Waals surface area contributed by atoms with E-state index in [-0.39, 0.29) is 5.91 Å². The molecule has 2 aromatic rings. The van der Waals surface area contributed by atoms with Gasteiger partial charge in [-0.2, -0.15) is 0 Å². The maximum atomic E-state index is 12.2. The molecule has 0 radical (unpaired) electrons. The SMILES string of the molecule is CCCCOc1ccc(C(=O)NNC(=S)Nc2cccc(C)c2C)cc1. The molecular weight excluding hydrogens is 346 g/mol. The van der Waals surface area contributed by atoms with Crippen LogP contribution in [0.15, 0.2) is 42.5 Å². The van der Waals surface area contributed by atoms with Crippen LogP contribution < -0.4 is 20.9 Å². The number of ether oxygens (including phenoxy) is 1. The quantitative estimate of drug-likeness (QED) is 0.405. The Morgan fingerprint density at radius 2 is 1.81 bits per heavy atom. The Labute approximate surface area is 160 Å². The zero-order valence-electron chi connectivity index (χ0n) is 15.4. The number of hydrogen-bond donors (Lipinski definition) is 3. The van der Waals surface area contributed by atoms with E-state index >= 15 is 0 Å². The van der Waals surface area contributed by atoms with Crippen molar-refractivity contribution in [1.82, 2.24) is 10.9 Å². The molecule has 0 aliphatic heterocycles. The number of amides is 1. The highest BCUT2D eigenvalue weighted by molar-refractivity contribution is 7.80. The minimum absolute atomic E-state index is 0.268. The van der Waals surface area contributed by atoms with Gasteiger partial charge in [0, 0.05) is 11.3 Å². The first-order valence-electron chi connectivity index (χ1n) is 8.67. The van der Waals surface area contributed by atoms with Crippen LogP contribution in [-0.4, -0.2) is 17.6 Å². The van der Waals surface area contributed by atoms with Crippen molar-refractivity contribution in [1.29, 1.82) is 0 Å². The molecule has 2 aromatic carbocycles. The van der Waals surface area contributed by atoms with Crippen LogP contribution in [0.4, 0.5) is 5.69 Å². The van der Waals surface area contributed by atoms with Crippen LogP contribution in [0.1, 0.15) is 41.3 Å². The van der Waals surface area contributed by atoms with Crippen LogP contribution in [0.5, 0.6) is 5.75 Å². The smallest absolute Gasteiger partial charge is 0.269 e. The van der Waals surface area contributed by atoms with E-state index < -0.39 is 0 Å². The predicted molar refractivity (Wildman–Crippen MR) is 110 cm³/mol. The minimum Gasteiger partial charge on any atom is -0.494 e. The minimum atomic E-state index is -0.268. The summed E-state index contributed by atoms with van der Waals surface area (Å²) in [6, 6.07) is 13.0. The normalized spacial score (nSPS) is 10.1. The predicted octanol–water partition coefficient (Wildman–Crippen LogP) is 4.11. The van der Waals surface area contributed by atoms with Crippen molar-refractivity contribution in [3.05, 3.63) is 59.2 Å². The molecule has 2 rings (SSSR count). The molecule has 26 heavy (non-hydrogen) atoms. The maximum absolute atomic E-state index is 12.2. The second-order valence-electron chi connectivity index (χ2n) is 6.01. The van der Waals surface area contributed by atoms with Crippen LogP contribution in [0.25, 0.3) is 0 Å². The second-order valence-corrected chi connectivity index (χ2v) is 6.42. The van der Waals surface area contributed by atoms with Crippen molar-refractivity contribution >= 4 is 28.9 Å². The number of unbranched alkanes of at least 4 members (excludes halogenated alkanes) is 1. The Morgan fingerprint density at radius 3 is 2.50 bits per heavy atom. The van der Waals surface area contributed by atoms with E-state index in [0.29, 0.717) is 17.3 Å². The number of rotatable bonds is 6. The maximum Gasteiger partial charge on any atom is 0.269 e. The number of aryl methyl sites for hydroxylation is 1. The summed E-state index contributed by atoms with van der Waals surface area (Å²) in [6.07, 6.45) is 2.10. The highest BCUT2D eigenvalue weighted by atomic mass is 32.1. The summed E-state index contributed by atoms with van der Waals surface area (Å²) in [7, 11) is 0. The molecule has 0 aromatic heterocycles. The average molecular weight is 372 g/mol. The molecule has 0 aliphatic carbocycles. The summed E-state index contributed by atoms with van der Waals surface area (Å²) >= 11 is 5.23. The van der Waals surface area contributed by atoms with Gasteiger partial charge in [-0.25, -0.2) is 0 Å². The summed E-state index contributed by atoms with van der Waals surface area (Å²) in [4.78, 5) is 12.2. The first-order chi connectivity index (χ1) is 12.5. The van der Waals surface area contributed by atoms with Gasteiger partial charge in [0.05, 0.1) is 6.61 Å². The van der Waals surface area contributed by atoms with Gasteiger partial charge in [-0.3, -0.25) is 15.6 Å². The molecule has 0 saturated heterocycles. The lowest BCUT2D eigenvalue weighted by atomic mass is 10.1. The van der Waals surface area contributed by atoms with Crippen LogP contribution >= 0.6 is 12.2 Å². The van der Waals surface area contributed by atoms with E-state index in [4.69, 9.17) is 17.0 Å². The summed E-state index contributed by atoms with van der Waals surface area (Å²) in [6.45, 7) is 6.85. The Morgan fingerprint density at radius 1 is 1.08 bits per heavy atom. The molecular formula is C20H25N3O2S. The fraction of sp³-hybridized carbons (Fsp3) is 0.300. The summed E-state index contributed by atoms with van der Waals surface area (Å²) in [5, 5.41) is 3.41. The third kappa shape index (κ3) is 5.74. The molecule has 138 valence electrons. The van der Waals surface area contributed by atoms with Gasteiger partial charge < -0.3 is 10.1 Å². The van der Waals surface area contributed by atoms with Gasteiger partial charge in [-0.1, -0.05) is 25.5 Å². The number of hydrogen-bond acceptors (Lipinski definition) is 3. The standard InChI is InChI=1S/C20H25N3O2S/c1-4-5-13-25-17-11-9-16(10-12-17)19(24)22-23-20(26)21-18-8-6-7-14(2)15(18)3/h6-12H,4-5,13H2,1-3H3,(H,22,24)(H2,21,23,26). The van der Waals surface area contributed by atoms with E-state index in [2.05, 4.69) is 23.1 Å². The van der Waals surface area contributed by atoms with Crippen molar-refractivity contribution in [3.63, 3.8) is 0 Å². The zero-order chi connectivity index (χ0) is 18.9. The van der Waals surface area contributed by atoms with E-state index in [9.17, 15) is 4.79 Å². The zero-order valence-corrected chi connectivity index (χ0v) is 16.2. The molecule has 5 nitrogen and oxygen atoms in total. The summed E-state index contributed by atoms with van der Waals surface area (Å²) in [5.74, 6) is 0.491. The van der Waals surface area contributed by atoms with E-state index in [0.717, 1.165) is 29.8 Å². The molecule has 0 fully saturated rings. The van der Waals surface area contributed by atoms with Crippen molar-refractivity contribution in [2.45, 2.75) is 33.6 Å². The highest BCUT2D eigenvalue weighted by Gasteiger charge is 2.07. The van der Waals surface area contributed by atoms with Crippen molar-refractivity contribution in [3.8, 4) is 5.75 Å². The number of carbonyl (C=O) groups is 1. The first kappa shape index (κ1) is 19.7. The van der Waals surface area contributed by atoms with Crippen molar-refractivity contribution in [2.24, 2.45) is 0 Å². The van der Waals surface area contributed by atoms with E-state index in [1.165, 1.54) is 5.56 Å². The largest absolute Gasteiger partial charge is 0.494 e. The summed E-state index contributed by atoms with van der Waals surface area (Å²) in [5.41, 5.74) is 9.03. The molecule has 0 spiro atoms. The van der Waals surface area contributed by atoms with Gasteiger partial charge in [0.25, 0.3) is 5.91 Å². The summed E-state index contributed by atoms with van der Waals surface area (Å²) < 4.78 is 5.59. The number of carbonyl (C=O) groups excluding carboxylic acids is 1. The van der Waals surface area contributed by atoms with Gasteiger partial charge >= 0.3 is 0 Å². The van der Waals surface area contributed by atoms with E-state index in [1.54, 1.807) is 24.3 Å². The molecule has 1 amide bonds. The fourth-order valence-electron chi connectivity index (χ4n) is 2.26. The molecule has 3 N–H and O–H groups in total. The number of thiocarbonyl (C=S) groups is 1. The van der Waals surface area contributed by atoms with Crippen molar-refractivity contribution < 1.29 is 9.53 Å².